The summed E-state index contributed by atoms with van der Waals surface area (Å²) < 4.78 is 9.48. The van der Waals surface area contributed by atoms with Crippen molar-refractivity contribution in [3.63, 3.8) is 0 Å². The molecule has 4 aromatic heterocycles. The molecule has 62 heavy (non-hydrogen) atoms. The first-order chi connectivity index (χ1) is 30.7. The van der Waals surface area contributed by atoms with Gasteiger partial charge in [-0.05, 0) is 65.2 Å². The maximum Gasteiger partial charge on any atom is 0.166 e. The predicted molar refractivity (Wildman–Crippen MR) is 252 cm³/mol. The maximum absolute atomic E-state index is 7.16. The highest BCUT2D eigenvalue weighted by Gasteiger charge is 2.24. The predicted octanol–water partition coefficient (Wildman–Crippen LogP) is 14.3. The summed E-state index contributed by atoms with van der Waals surface area (Å²) in [6.07, 6.45) is 1.95. The van der Waals surface area contributed by atoms with Gasteiger partial charge in [-0.15, -0.1) is 0 Å². The lowest BCUT2D eigenvalue weighted by Gasteiger charge is -2.14. The summed E-state index contributed by atoms with van der Waals surface area (Å²) in [7, 11) is 0. The summed E-state index contributed by atoms with van der Waals surface area (Å²) in [5.74, 6) is 1.68. The number of benzene rings is 8. The third-order valence-corrected chi connectivity index (χ3v) is 11.7. The third-order valence-electron chi connectivity index (χ3n) is 11.7. The Hall–Kier alpha value is -8.48. The van der Waals surface area contributed by atoms with Gasteiger partial charge in [-0.3, -0.25) is 4.98 Å². The topological polar surface area (TPSA) is 69.6 Å². The molecule has 0 saturated carbocycles. The number of para-hydroxylation sites is 3. The molecule has 0 aliphatic heterocycles. The smallest absolute Gasteiger partial charge is 0.166 e. The standard InChI is InChI=1S/C56H35N5O/c1-5-17-36(18-6-1)39-23-15-24-40(33-39)41-34-47(56-59-54(37-19-7-2-8-20-37)58-55(60-56)38-21-9-3-10-22-38)51(57-35-41)46-29-16-28-43-44-31-32-49-50(53(44)62-52(43)46)45-27-13-14-30-48(45)61(49)42-25-11-4-12-26-42/h1-35H. The molecule has 0 fully saturated rings. The van der Waals surface area contributed by atoms with Gasteiger partial charge in [-0.1, -0.05) is 158 Å². The van der Waals surface area contributed by atoms with Gasteiger partial charge in [0.2, 0.25) is 0 Å². The molecule has 12 rings (SSSR count). The molecular formula is C56H35N5O. The fourth-order valence-electron chi connectivity index (χ4n) is 8.80. The third kappa shape index (κ3) is 5.96. The molecule has 0 amide bonds. The summed E-state index contributed by atoms with van der Waals surface area (Å²) >= 11 is 0. The lowest BCUT2D eigenvalue weighted by Crippen LogP contribution is -2.02. The molecule has 0 spiro atoms. The zero-order valence-corrected chi connectivity index (χ0v) is 33.4. The van der Waals surface area contributed by atoms with Gasteiger partial charge < -0.3 is 8.98 Å². The molecule has 0 saturated heterocycles. The van der Waals surface area contributed by atoms with E-state index in [1.165, 1.54) is 0 Å². The normalized spacial score (nSPS) is 11.5. The van der Waals surface area contributed by atoms with Crippen LogP contribution in [0, 0.1) is 0 Å². The molecule has 0 aliphatic carbocycles. The lowest BCUT2D eigenvalue weighted by molar-refractivity contribution is 0.674. The van der Waals surface area contributed by atoms with Crippen LogP contribution in [0.3, 0.4) is 0 Å². The molecule has 12 aromatic rings. The largest absolute Gasteiger partial charge is 0.455 e. The molecule has 0 unspecified atom stereocenters. The van der Waals surface area contributed by atoms with Crippen LogP contribution < -0.4 is 0 Å². The summed E-state index contributed by atoms with van der Waals surface area (Å²) in [5, 5.41) is 4.25. The first-order valence-corrected chi connectivity index (χ1v) is 20.7. The van der Waals surface area contributed by atoms with Gasteiger partial charge in [0, 0.05) is 55.9 Å². The van der Waals surface area contributed by atoms with Gasteiger partial charge >= 0.3 is 0 Å². The Balaban J connectivity index is 1.12. The fourth-order valence-corrected chi connectivity index (χ4v) is 8.80. The van der Waals surface area contributed by atoms with E-state index in [1.54, 1.807) is 0 Å². The van der Waals surface area contributed by atoms with Crippen LogP contribution in [0.25, 0.3) is 117 Å². The second-order valence-corrected chi connectivity index (χ2v) is 15.4. The van der Waals surface area contributed by atoms with Crippen molar-refractivity contribution in [3.05, 3.63) is 212 Å². The highest BCUT2D eigenvalue weighted by atomic mass is 16.3. The van der Waals surface area contributed by atoms with E-state index in [-0.39, 0.29) is 0 Å². The number of furan rings is 1. The fraction of sp³-hybridized carbons (Fsp3) is 0. The van der Waals surface area contributed by atoms with E-state index < -0.39 is 0 Å². The van der Waals surface area contributed by atoms with Crippen molar-refractivity contribution in [1.82, 2.24) is 24.5 Å². The summed E-state index contributed by atoms with van der Waals surface area (Å²) in [6.45, 7) is 0. The molecule has 6 nitrogen and oxygen atoms in total. The van der Waals surface area contributed by atoms with Crippen LogP contribution in [0.1, 0.15) is 0 Å². The second-order valence-electron chi connectivity index (χ2n) is 15.4. The molecule has 0 N–H and O–H groups in total. The number of rotatable bonds is 7. The van der Waals surface area contributed by atoms with Crippen molar-refractivity contribution in [2.24, 2.45) is 0 Å². The zero-order chi connectivity index (χ0) is 41.0. The zero-order valence-electron chi connectivity index (χ0n) is 33.4. The first-order valence-electron chi connectivity index (χ1n) is 20.7. The van der Waals surface area contributed by atoms with Crippen molar-refractivity contribution in [3.8, 4) is 73.4 Å². The number of pyridine rings is 1. The molecule has 4 heterocycles. The average Bonchev–Trinajstić information content (AvgIpc) is 3.91. The van der Waals surface area contributed by atoms with Crippen molar-refractivity contribution in [1.29, 1.82) is 0 Å². The Labute approximate surface area is 357 Å². The molecule has 290 valence electrons. The van der Waals surface area contributed by atoms with E-state index in [2.05, 4.69) is 144 Å². The second kappa shape index (κ2) is 14.7. The summed E-state index contributed by atoms with van der Waals surface area (Å²) in [5.41, 5.74) is 13.3. The quantitative estimate of drug-likeness (QED) is 0.161. The molecular weight excluding hydrogens is 759 g/mol. The van der Waals surface area contributed by atoms with Crippen LogP contribution in [0.4, 0.5) is 0 Å². The van der Waals surface area contributed by atoms with Crippen LogP contribution >= 0.6 is 0 Å². The Morgan fingerprint density at radius 1 is 0.355 bits per heavy atom. The molecule has 6 heteroatoms. The van der Waals surface area contributed by atoms with E-state index in [1.807, 2.05) is 72.9 Å². The Kier molecular flexibility index (Phi) is 8.38. The van der Waals surface area contributed by atoms with Crippen LogP contribution in [0.15, 0.2) is 217 Å². The molecule has 0 atom stereocenters. The summed E-state index contributed by atoms with van der Waals surface area (Å²) in [6, 6.07) is 71.1. The summed E-state index contributed by atoms with van der Waals surface area (Å²) in [4.78, 5) is 20.8. The molecule has 0 radical (unpaired) electrons. The van der Waals surface area contributed by atoms with Gasteiger partial charge in [-0.25, -0.2) is 15.0 Å². The SMILES string of the molecule is c1ccc(-c2cccc(-c3cnc(-c4cccc5c4oc4c5ccc5c4c4ccccc4n5-c4ccccc4)c(-c4nc(-c5ccccc5)nc(-c5ccccc5)n4)c3)c2)cc1. The van der Waals surface area contributed by atoms with Gasteiger partial charge in [0.05, 0.1) is 22.1 Å². The Morgan fingerprint density at radius 2 is 0.903 bits per heavy atom. The van der Waals surface area contributed by atoms with Crippen molar-refractivity contribution >= 4 is 43.7 Å². The van der Waals surface area contributed by atoms with Gasteiger partial charge in [-0.2, -0.15) is 0 Å². The van der Waals surface area contributed by atoms with Crippen LogP contribution in [0.2, 0.25) is 0 Å². The number of aromatic nitrogens is 5. The minimum Gasteiger partial charge on any atom is -0.455 e. The van der Waals surface area contributed by atoms with E-state index >= 15 is 0 Å². The number of fused-ring (bicyclic) bond motifs is 7. The van der Waals surface area contributed by atoms with Crippen LogP contribution in [0.5, 0.6) is 0 Å². The Morgan fingerprint density at radius 3 is 1.61 bits per heavy atom. The molecule has 0 aliphatic rings. The van der Waals surface area contributed by atoms with Crippen molar-refractivity contribution in [2.45, 2.75) is 0 Å². The van der Waals surface area contributed by atoms with E-state index in [0.29, 0.717) is 23.2 Å². The maximum atomic E-state index is 7.16. The highest BCUT2D eigenvalue weighted by Crippen LogP contribution is 2.44. The van der Waals surface area contributed by atoms with Gasteiger partial charge in [0.1, 0.15) is 11.2 Å². The lowest BCUT2D eigenvalue weighted by atomic mass is 9.96. The number of hydrogen-bond acceptors (Lipinski definition) is 5. The molecule has 8 aromatic carbocycles. The monoisotopic (exact) mass is 793 g/mol. The van der Waals surface area contributed by atoms with Gasteiger partial charge in [0.15, 0.2) is 17.5 Å². The minimum atomic E-state index is 0.516. The average molecular weight is 794 g/mol. The van der Waals surface area contributed by atoms with E-state index in [9.17, 15) is 0 Å². The van der Waals surface area contributed by atoms with Crippen LogP contribution in [-0.4, -0.2) is 24.5 Å². The Bertz CT molecular complexity index is 3560. The van der Waals surface area contributed by atoms with Crippen molar-refractivity contribution in [2.75, 3.05) is 0 Å². The van der Waals surface area contributed by atoms with Gasteiger partial charge in [0.25, 0.3) is 0 Å². The number of nitrogens with zero attached hydrogens (tertiary/aromatic N) is 5. The van der Waals surface area contributed by atoms with Crippen LogP contribution in [-0.2, 0) is 0 Å². The highest BCUT2D eigenvalue weighted by molar-refractivity contribution is 6.24. The first kappa shape index (κ1) is 35.5. The minimum absolute atomic E-state index is 0.516. The van der Waals surface area contributed by atoms with E-state index in [0.717, 1.165) is 93.9 Å². The van der Waals surface area contributed by atoms with Crippen molar-refractivity contribution < 1.29 is 4.42 Å². The number of hydrogen-bond donors (Lipinski definition) is 0. The van der Waals surface area contributed by atoms with E-state index in [4.69, 9.17) is 24.4 Å². The molecule has 0 bridgehead atoms.